The second-order valence-electron chi connectivity index (χ2n) is 10.1. The molecule has 0 radical (unpaired) electrons. The molecule has 6 heteroatoms. The minimum atomic E-state index is -0.0806. The van der Waals surface area contributed by atoms with Crippen molar-refractivity contribution in [1.29, 1.82) is 0 Å². The van der Waals surface area contributed by atoms with Crippen LogP contribution in [0.2, 0.25) is 0 Å². The Kier molecular flexibility index (Phi) is 6.20. The van der Waals surface area contributed by atoms with E-state index in [9.17, 15) is 5.11 Å². The molecule has 3 heterocycles. The monoisotopic (exact) mass is 459 g/mol. The molecular weight excluding hydrogens is 426 g/mol. The zero-order valence-corrected chi connectivity index (χ0v) is 19.5. The number of aliphatic hydroxyl groups is 1. The van der Waals surface area contributed by atoms with Gasteiger partial charge in [-0.15, -0.1) is 5.10 Å². The van der Waals surface area contributed by atoms with Crippen LogP contribution in [0, 0.1) is 0 Å². The maximum atomic E-state index is 9.60. The molecule has 5 atom stereocenters. The average molecular weight is 460 g/mol. The largest absolute Gasteiger partial charge is 0.394 e. The molecular formula is C28H33N3O3. The lowest BCUT2D eigenvalue weighted by Gasteiger charge is -2.45. The van der Waals surface area contributed by atoms with Gasteiger partial charge < -0.3 is 14.6 Å². The third-order valence-corrected chi connectivity index (χ3v) is 7.65. The second kappa shape index (κ2) is 9.61. The van der Waals surface area contributed by atoms with Crippen molar-refractivity contribution in [2.45, 2.75) is 81.3 Å². The molecule has 0 amide bonds. The van der Waals surface area contributed by atoms with E-state index >= 15 is 0 Å². The minimum Gasteiger partial charge on any atom is -0.394 e. The van der Waals surface area contributed by atoms with Crippen LogP contribution >= 0.6 is 0 Å². The first-order valence-corrected chi connectivity index (χ1v) is 12.7. The third kappa shape index (κ3) is 4.67. The number of hydrogen-bond donors (Lipinski definition) is 1. The van der Waals surface area contributed by atoms with Crippen molar-refractivity contribution in [3.8, 4) is 11.1 Å². The molecule has 2 aliphatic heterocycles. The van der Waals surface area contributed by atoms with E-state index in [-0.39, 0.29) is 37.1 Å². The van der Waals surface area contributed by atoms with Crippen LogP contribution in [0.1, 0.15) is 61.7 Å². The highest BCUT2D eigenvalue weighted by atomic mass is 16.6. The van der Waals surface area contributed by atoms with Crippen LogP contribution < -0.4 is 0 Å². The van der Waals surface area contributed by atoms with Gasteiger partial charge in [-0.3, -0.25) is 0 Å². The predicted molar refractivity (Wildman–Crippen MR) is 129 cm³/mol. The summed E-state index contributed by atoms with van der Waals surface area (Å²) >= 11 is 0. The standard InChI is InChI=1S/C28H33N3O3/c32-18-23-13-15-27-28(33-23)16-25(31-17-24(29-30-31)22-11-12-22)26(34-27)14-8-19-6-9-21(10-7-19)20-4-2-1-3-5-20/h1-7,9-10,17,22-23,25-28,32H,8,11-16,18H2/t23-,25+,26-,27+,28+/m1/s1. The van der Waals surface area contributed by atoms with Gasteiger partial charge in [0, 0.05) is 18.5 Å². The van der Waals surface area contributed by atoms with Crippen LogP contribution in [0.25, 0.3) is 11.1 Å². The number of aliphatic hydroxyl groups excluding tert-OH is 1. The van der Waals surface area contributed by atoms with Crippen LogP contribution in [0.4, 0.5) is 0 Å². The van der Waals surface area contributed by atoms with E-state index in [1.54, 1.807) is 0 Å². The lowest BCUT2D eigenvalue weighted by molar-refractivity contribution is -0.209. The summed E-state index contributed by atoms with van der Waals surface area (Å²) in [7, 11) is 0. The molecule has 1 aromatic heterocycles. The molecule has 0 bridgehead atoms. The molecule has 2 aromatic carbocycles. The highest BCUT2D eigenvalue weighted by Crippen LogP contribution is 2.41. The average Bonchev–Trinajstić information content (AvgIpc) is 3.64. The summed E-state index contributed by atoms with van der Waals surface area (Å²) in [5, 5.41) is 18.6. The lowest BCUT2D eigenvalue weighted by Crippen LogP contribution is -2.51. The van der Waals surface area contributed by atoms with Crippen molar-refractivity contribution in [3.05, 3.63) is 72.1 Å². The van der Waals surface area contributed by atoms with Crippen LogP contribution in [0.3, 0.4) is 0 Å². The fraction of sp³-hybridized carbons (Fsp3) is 0.500. The number of fused-ring (bicyclic) bond motifs is 1. The first kappa shape index (κ1) is 22.0. The van der Waals surface area contributed by atoms with Gasteiger partial charge in [-0.25, -0.2) is 4.68 Å². The first-order chi connectivity index (χ1) is 16.8. The third-order valence-electron chi connectivity index (χ3n) is 7.65. The van der Waals surface area contributed by atoms with Gasteiger partial charge in [0.2, 0.25) is 0 Å². The van der Waals surface area contributed by atoms with E-state index in [0.29, 0.717) is 5.92 Å². The van der Waals surface area contributed by atoms with Crippen LogP contribution in [-0.2, 0) is 15.9 Å². The van der Waals surface area contributed by atoms with Gasteiger partial charge in [-0.05, 0) is 55.2 Å². The number of nitrogens with zero attached hydrogens (tertiary/aromatic N) is 3. The zero-order valence-electron chi connectivity index (χ0n) is 19.5. The molecule has 3 aromatic rings. The molecule has 178 valence electrons. The normalized spacial score (nSPS) is 29.0. The van der Waals surface area contributed by atoms with Crippen LogP contribution in [-0.4, -0.2) is 51.1 Å². The number of aromatic nitrogens is 3. The van der Waals surface area contributed by atoms with Crippen molar-refractivity contribution in [3.63, 3.8) is 0 Å². The van der Waals surface area contributed by atoms with Crippen molar-refractivity contribution in [1.82, 2.24) is 15.0 Å². The van der Waals surface area contributed by atoms with E-state index in [4.69, 9.17) is 9.47 Å². The summed E-state index contributed by atoms with van der Waals surface area (Å²) in [5.41, 5.74) is 4.91. The Labute approximate surface area is 200 Å². The SMILES string of the molecule is OC[C@H]1CC[C@@H]2O[C@H](CCc3ccc(-c4ccccc4)cc3)[C@@H](n3cc(C4CC4)nn3)C[C@@H]2O1. The molecule has 1 N–H and O–H groups in total. The van der Waals surface area contributed by atoms with Gasteiger partial charge in [0.1, 0.15) is 0 Å². The molecule has 1 aliphatic carbocycles. The number of hydrogen-bond acceptors (Lipinski definition) is 5. The summed E-state index contributed by atoms with van der Waals surface area (Å²) in [6, 6.07) is 19.5. The summed E-state index contributed by atoms with van der Waals surface area (Å²) in [4.78, 5) is 0. The highest BCUT2D eigenvalue weighted by molar-refractivity contribution is 5.63. The Balaban J connectivity index is 1.17. The first-order valence-electron chi connectivity index (χ1n) is 12.7. The Morgan fingerprint density at radius 3 is 2.44 bits per heavy atom. The molecule has 1 saturated carbocycles. The fourth-order valence-corrected chi connectivity index (χ4v) is 5.50. The quantitative estimate of drug-likeness (QED) is 0.555. The fourth-order valence-electron chi connectivity index (χ4n) is 5.50. The van der Waals surface area contributed by atoms with Gasteiger partial charge in [0.25, 0.3) is 0 Å². The minimum absolute atomic E-state index is 0.00545. The molecule has 34 heavy (non-hydrogen) atoms. The van der Waals surface area contributed by atoms with E-state index in [0.717, 1.165) is 37.8 Å². The molecule has 2 saturated heterocycles. The smallest absolute Gasteiger partial charge is 0.0863 e. The highest BCUT2D eigenvalue weighted by Gasteiger charge is 2.43. The summed E-state index contributed by atoms with van der Waals surface area (Å²) in [6.07, 6.45) is 9.18. The van der Waals surface area contributed by atoms with Crippen LogP contribution in [0.5, 0.6) is 0 Å². The number of benzene rings is 2. The maximum Gasteiger partial charge on any atom is 0.0863 e. The molecule has 3 fully saturated rings. The molecule has 0 spiro atoms. The number of rotatable bonds is 7. The number of ether oxygens (including phenoxy) is 2. The molecule has 6 rings (SSSR count). The van der Waals surface area contributed by atoms with Crippen molar-refractivity contribution in [2.75, 3.05) is 6.61 Å². The summed E-state index contributed by atoms with van der Waals surface area (Å²) < 4.78 is 14.9. The summed E-state index contributed by atoms with van der Waals surface area (Å²) in [5.74, 6) is 0.581. The Bertz CT molecular complexity index is 1080. The van der Waals surface area contributed by atoms with Gasteiger partial charge in [-0.2, -0.15) is 0 Å². The van der Waals surface area contributed by atoms with Gasteiger partial charge >= 0.3 is 0 Å². The molecule has 0 unspecified atom stereocenters. The van der Waals surface area contributed by atoms with E-state index in [1.807, 2.05) is 10.7 Å². The Morgan fingerprint density at radius 2 is 1.68 bits per heavy atom. The van der Waals surface area contributed by atoms with Gasteiger partial charge in [0.15, 0.2) is 0 Å². The molecule has 6 nitrogen and oxygen atoms in total. The predicted octanol–water partition coefficient (Wildman–Crippen LogP) is 4.69. The van der Waals surface area contributed by atoms with Crippen molar-refractivity contribution in [2.24, 2.45) is 0 Å². The lowest BCUT2D eigenvalue weighted by atomic mass is 9.88. The Hall–Kier alpha value is -2.54. The maximum absolute atomic E-state index is 9.60. The van der Waals surface area contributed by atoms with Gasteiger partial charge in [-0.1, -0.05) is 59.8 Å². The Morgan fingerprint density at radius 1 is 0.882 bits per heavy atom. The second-order valence-corrected chi connectivity index (χ2v) is 10.1. The van der Waals surface area contributed by atoms with Crippen molar-refractivity contribution < 1.29 is 14.6 Å². The van der Waals surface area contributed by atoms with Crippen molar-refractivity contribution >= 4 is 0 Å². The van der Waals surface area contributed by atoms with E-state index < -0.39 is 0 Å². The summed E-state index contributed by atoms with van der Waals surface area (Å²) in [6.45, 7) is 0.0748. The van der Waals surface area contributed by atoms with Crippen LogP contribution in [0.15, 0.2) is 60.8 Å². The number of aryl methyl sites for hydroxylation is 1. The van der Waals surface area contributed by atoms with Gasteiger partial charge in [0.05, 0.1) is 42.8 Å². The van der Waals surface area contributed by atoms with E-state index in [1.165, 1.54) is 29.5 Å². The van der Waals surface area contributed by atoms with E-state index in [2.05, 4.69) is 65.0 Å². The zero-order chi connectivity index (χ0) is 22.9. The topological polar surface area (TPSA) is 69.4 Å². The molecule has 3 aliphatic rings.